The zero-order chi connectivity index (χ0) is 15.1. The van der Waals surface area contributed by atoms with E-state index in [2.05, 4.69) is 16.4 Å². The number of hydrogen-bond acceptors (Lipinski definition) is 3. The Hall–Kier alpha value is -1.46. The van der Waals surface area contributed by atoms with Crippen LogP contribution in [-0.2, 0) is 17.8 Å². The van der Waals surface area contributed by atoms with Crippen LogP contribution in [0.4, 0.5) is 4.39 Å². The SMILES string of the molecule is CCn1c(CN2CCOC3CCCC32)nc2cc(F)ccc21. The Balaban J connectivity index is 1.65. The van der Waals surface area contributed by atoms with Crippen molar-refractivity contribution < 1.29 is 9.13 Å². The van der Waals surface area contributed by atoms with E-state index in [0.29, 0.717) is 12.1 Å². The highest BCUT2D eigenvalue weighted by Crippen LogP contribution is 2.31. The summed E-state index contributed by atoms with van der Waals surface area (Å²) in [6.07, 6.45) is 4.04. The molecule has 0 radical (unpaired) electrons. The van der Waals surface area contributed by atoms with Gasteiger partial charge < -0.3 is 9.30 Å². The van der Waals surface area contributed by atoms with E-state index in [1.165, 1.54) is 31.4 Å². The number of morpholine rings is 1. The predicted octanol–water partition coefficient (Wildman–Crippen LogP) is 2.95. The molecule has 1 aromatic heterocycles. The zero-order valence-electron chi connectivity index (χ0n) is 13.0. The van der Waals surface area contributed by atoms with Crippen molar-refractivity contribution in [1.29, 1.82) is 0 Å². The molecule has 4 rings (SSSR count). The Morgan fingerprint density at radius 1 is 1.36 bits per heavy atom. The van der Waals surface area contributed by atoms with Crippen LogP contribution in [0.5, 0.6) is 0 Å². The van der Waals surface area contributed by atoms with Crippen LogP contribution in [-0.4, -0.2) is 39.7 Å². The minimum Gasteiger partial charge on any atom is -0.375 e. The number of ether oxygens (including phenoxy) is 1. The molecule has 1 aliphatic carbocycles. The van der Waals surface area contributed by atoms with Crippen molar-refractivity contribution in [2.45, 2.75) is 51.4 Å². The molecule has 2 fully saturated rings. The first kappa shape index (κ1) is 14.2. The van der Waals surface area contributed by atoms with Gasteiger partial charge in [0, 0.05) is 25.2 Å². The topological polar surface area (TPSA) is 30.3 Å². The number of nitrogens with zero attached hydrogens (tertiary/aromatic N) is 3. The first-order chi connectivity index (χ1) is 10.8. The summed E-state index contributed by atoms with van der Waals surface area (Å²) in [7, 11) is 0. The average molecular weight is 303 g/mol. The highest BCUT2D eigenvalue weighted by Gasteiger charge is 2.36. The fourth-order valence-electron chi connectivity index (χ4n) is 4.01. The van der Waals surface area contributed by atoms with Crippen LogP contribution in [0.3, 0.4) is 0 Å². The van der Waals surface area contributed by atoms with Gasteiger partial charge in [0.2, 0.25) is 0 Å². The monoisotopic (exact) mass is 303 g/mol. The van der Waals surface area contributed by atoms with Crippen molar-refractivity contribution in [3.63, 3.8) is 0 Å². The van der Waals surface area contributed by atoms with E-state index in [1.807, 2.05) is 6.07 Å². The Bertz CT molecular complexity index is 684. The van der Waals surface area contributed by atoms with Gasteiger partial charge in [-0.15, -0.1) is 0 Å². The van der Waals surface area contributed by atoms with Gasteiger partial charge in [-0.3, -0.25) is 4.90 Å². The van der Waals surface area contributed by atoms with Crippen LogP contribution in [0.2, 0.25) is 0 Å². The number of fused-ring (bicyclic) bond motifs is 2. The maximum atomic E-state index is 13.4. The molecule has 4 nitrogen and oxygen atoms in total. The third-order valence-electron chi connectivity index (χ3n) is 5.05. The van der Waals surface area contributed by atoms with Crippen molar-refractivity contribution in [3.8, 4) is 0 Å². The van der Waals surface area contributed by atoms with E-state index in [1.54, 1.807) is 0 Å². The van der Waals surface area contributed by atoms with E-state index < -0.39 is 0 Å². The quantitative estimate of drug-likeness (QED) is 0.873. The van der Waals surface area contributed by atoms with Crippen LogP contribution >= 0.6 is 0 Å². The molecule has 1 saturated heterocycles. The second-order valence-corrected chi connectivity index (χ2v) is 6.28. The number of aromatic nitrogens is 2. The lowest BCUT2D eigenvalue weighted by atomic mass is 10.1. The molecule has 1 saturated carbocycles. The van der Waals surface area contributed by atoms with E-state index in [-0.39, 0.29) is 5.82 Å². The highest BCUT2D eigenvalue weighted by atomic mass is 19.1. The van der Waals surface area contributed by atoms with Crippen molar-refractivity contribution in [2.24, 2.45) is 0 Å². The van der Waals surface area contributed by atoms with Gasteiger partial charge in [-0.05, 0) is 38.3 Å². The number of hydrogen-bond donors (Lipinski definition) is 0. The van der Waals surface area contributed by atoms with E-state index in [9.17, 15) is 4.39 Å². The Kier molecular flexibility index (Phi) is 3.62. The first-order valence-corrected chi connectivity index (χ1v) is 8.26. The van der Waals surface area contributed by atoms with Gasteiger partial charge >= 0.3 is 0 Å². The predicted molar refractivity (Wildman–Crippen MR) is 83.2 cm³/mol. The van der Waals surface area contributed by atoms with Gasteiger partial charge in [0.1, 0.15) is 11.6 Å². The molecule has 1 aromatic carbocycles. The van der Waals surface area contributed by atoms with Gasteiger partial charge in [0.05, 0.1) is 30.3 Å². The lowest BCUT2D eigenvalue weighted by molar-refractivity contribution is -0.0598. The van der Waals surface area contributed by atoms with Crippen molar-refractivity contribution >= 4 is 11.0 Å². The Morgan fingerprint density at radius 2 is 2.27 bits per heavy atom. The van der Waals surface area contributed by atoms with Crippen LogP contribution in [0.25, 0.3) is 11.0 Å². The number of halogens is 1. The maximum absolute atomic E-state index is 13.4. The van der Waals surface area contributed by atoms with E-state index >= 15 is 0 Å². The molecule has 0 N–H and O–H groups in total. The largest absolute Gasteiger partial charge is 0.375 e. The number of rotatable bonds is 3. The molecule has 1 aliphatic heterocycles. The summed E-state index contributed by atoms with van der Waals surface area (Å²) < 4.78 is 21.5. The van der Waals surface area contributed by atoms with Crippen LogP contribution in [0.1, 0.15) is 32.0 Å². The molecule has 0 bridgehead atoms. The van der Waals surface area contributed by atoms with E-state index in [4.69, 9.17) is 9.72 Å². The van der Waals surface area contributed by atoms with Crippen LogP contribution in [0.15, 0.2) is 18.2 Å². The summed E-state index contributed by atoms with van der Waals surface area (Å²) in [5, 5.41) is 0. The standard InChI is InChI=1S/C17H22FN3O/c1-2-21-14-7-6-12(18)10-13(14)19-17(21)11-20-8-9-22-16-5-3-4-15(16)20/h6-7,10,15-16H,2-5,8-9,11H2,1H3. The van der Waals surface area contributed by atoms with Gasteiger partial charge in [-0.1, -0.05) is 0 Å². The first-order valence-electron chi connectivity index (χ1n) is 8.26. The summed E-state index contributed by atoms with van der Waals surface area (Å²) in [6, 6.07) is 5.41. The summed E-state index contributed by atoms with van der Waals surface area (Å²) in [5.41, 5.74) is 1.78. The molecule has 0 amide bonds. The smallest absolute Gasteiger partial charge is 0.125 e. The van der Waals surface area contributed by atoms with Gasteiger partial charge in [-0.25, -0.2) is 9.37 Å². The lowest BCUT2D eigenvalue weighted by Gasteiger charge is -2.37. The average Bonchev–Trinajstić information content (AvgIpc) is 3.11. The molecule has 0 spiro atoms. The normalized spacial score (nSPS) is 25.7. The molecule has 5 heteroatoms. The minimum atomic E-state index is -0.220. The van der Waals surface area contributed by atoms with E-state index in [0.717, 1.165) is 43.1 Å². The third kappa shape index (κ3) is 2.32. The number of benzene rings is 1. The van der Waals surface area contributed by atoms with Crippen LogP contribution < -0.4 is 0 Å². The molecular weight excluding hydrogens is 281 g/mol. The third-order valence-corrected chi connectivity index (χ3v) is 5.05. The van der Waals surface area contributed by atoms with Gasteiger partial charge in [0.25, 0.3) is 0 Å². The highest BCUT2D eigenvalue weighted by molar-refractivity contribution is 5.76. The molecule has 22 heavy (non-hydrogen) atoms. The Labute approximate surface area is 129 Å². The molecule has 2 atom stereocenters. The molecule has 118 valence electrons. The second kappa shape index (κ2) is 5.63. The lowest BCUT2D eigenvalue weighted by Crippen LogP contribution is -2.48. The summed E-state index contributed by atoms with van der Waals surface area (Å²) in [5.74, 6) is 0.817. The molecule has 2 aliphatic rings. The summed E-state index contributed by atoms with van der Waals surface area (Å²) >= 11 is 0. The fraction of sp³-hybridized carbons (Fsp3) is 0.588. The number of imidazole rings is 1. The number of aryl methyl sites for hydroxylation is 1. The van der Waals surface area contributed by atoms with Gasteiger partial charge in [-0.2, -0.15) is 0 Å². The molecule has 2 heterocycles. The van der Waals surface area contributed by atoms with Crippen molar-refractivity contribution in [3.05, 3.63) is 29.8 Å². The summed E-state index contributed by atoms with van der Waals surface area (Å²) in [6.45, 7) is 5.57. The maximum Gasteiger partial charge on any atom is 0.125 e. The minimum absolute atomic E-state index is 0.220. The molecular formula is C17H22FN3O. The Morgan fingerprint density at radius 3 is 3.14 bits per heavy atom. The van der Waals surface area contributed by atoms with Crippen LogP contribution in [0, 0.1) is 5.82 Å². The fourth-order valence-corrected chi connectivity index (χ4v) is 4.01. The second-order valence-electron chi connectivity index (χ2n) is 6.28. The zero-order valence-corrected chi connectivity index (χ0v) is 13.0. The molecule has 2 unspecified atom stereocenters. The summed E-state index contributed by atoms with van der Waals surface area (Å²) in [4.78, 5) is 7.20. The van der Waals surface area contributed by atoms with Crippen molar-refractivity contribution in [1.82, 2.24) is 14.5 Å². The molecule has 2 aromatic rings. The van der Waals surface area contributed by atoms with Gasteiger partial charge in [0.15, 0.2) is 0 Å². The van der Waals surface area contributed by atoms with Crippen molar-refractivity contribution in [2.75, 3.05) is 13.2 Å².